The molecule has 0 N–H and O–H groups in total. The van der Waals surface area contributed by atoms with Crippen LogP contribution in [0.1, 0.15) is 239 Å². The van der Waals surface area contributed by atoms with E-state index in [9.17, 15) is 14.4 Å². The average molecular weight is 956 g/mol. The van der Waals surface area contributed by atoms with Gasteiger partial charge < -0.3 is 14.2 Å². The smallest absolute Gasteiger partial charge is 0.306 e. The Hall–Kier alpha value is -4.19. The van der Waals surface area contributed by atoms with Crippen molar-refractivity contribution in [2.75, 3.05) is 13.2 Å². The average Bonchev–Trinajstić information content (AvgIpc) is 3.35. The molecule has 0 spiro atoms. The third kappa shape index (κ3) is 54.6. The van der Waals surface area contributed by atoms with Crippen LogP contribution in [0.25, 0.3) is 0 Å². The number of rotatable bonds is 49. The first-order valence-corrected chi connectivity index (χ1v) is 28.0. The highest BCUT2D eigenvalue weighted by molar-refractivity contribution is 5.71. The van der Waals surface area contributed by atoms with Crippen LogP contribution in [-0.4, -0.2) is 37.2 Å². The third-order valence-electron chi connectivity index (χ3n) is 11.4. The van der Waals surface area contributed by atoms with Crippen LogP contribution in [-0.2, 0) is 28.6 Å². The van der Waals surface area contributed by atoms with Crippen LogP contribution in [0.4, 0.5) is 0 Å². The summed E-state index contributed by atoms with van der Waals surface area (Å²) in [6.45, 7) is 6.44. The minimum atomic E-state index is -0.832. The number of esters is 3. The molecule has 0 aromatic heterocycles. The van der Waals surface area contributed by atoms with Crippen molar-refractivity contribution >= 4 is 17.9 Å². The van der Waals surface area contributed by atoms with E-state index in [1.54, 1.807) is 0 Å². The van der Waals surface area contributed by atoms with Gasteiger partial charge in [0.2, 0.25) is 0 Å². The summed E-state index contributed by atoms with van der Waals surface area (Å²) in [5, 5.41) is 0. The standard InChI is InChI=1S/C63H102O6/c1-4-7-10-13-16-19-22-25-28-30-31-33-35-38-41-44-47-50-53-56-62(65)68-59-60(58-67-61(64)55-52-49-46-43-40-37-34-27-24-21-18-15-12-9-6-3)69-63(66)57-54-51-48-45-42-39-36-32-29-26-23-20-17-14-11-8-5-2/h16-21,25-29,31,33-34,38,40-41,43,47,50,60H,4-15,22-24,30,32,35-37,39,42,44-46,48-49,51-59H2,1-3H3/b19-16-,20-17-,21-18-,28-25-,29-26-,33-31-,34-27-,41-38-,43-40-,50-47-/t60-/m0/s1. The van der Waals surface area contributed by atoms with E-state index in [4.69, 9.17) is 14.2 Å². The molecule has 0 saturated carbocycles. The lowest BCUT2D eigenvalue weighted by atomic mass is 10.1. The minimum absolute atomic E-state index is 0.127. The second-order valence-corrected chi connectivity index (χ2v) is 18.1. The van der Waals surface area contributed by atoms with Crippen LogP contribution in [0.3, 0.4) is 0 Å². The van der Waals surface area contributed by atoms with Gasteiger partial charge in [0.1, 0.15) is 13.2 Å². The first-order valence-electron chi connectivity index (χ1n) is 28.0. The molecule has 0 heterocycles. The van der Waals surface area contributed by atoms with Gasteiger partial charge in [-0.1, -0.05) is 213 Å². The fourth-order valence-electron chi connectivity index (χ4n) is 7.17. The molecular weight excluding hydrogens is 853 g/mol. The van der Waals surface area contributed by atoms with Gasteiger partial charge >= 0.3 is 17.9 Å². The number of hydrogen-bond acceptors (Lipinski definition) is 6. The molecule has 0 saturated heterocycles. The predicted octanol–water partition coefficient (Wildman–Crippen LogP) is 18.9. The lowest BCUT2D eigenvalue weighted by Crippen LogP contribution is -2.30. The lowest BCUT2D eigenvalue weighted by molar-refractivity contribution is -0.166. The lowest BCUT2D eigenvalue weighted by Gasteiger charge is -2.18. The van der Waals surface area contributed by atoms with Gasteiger partial charge in [-0.15, -0.1) is 0 Å². The van der Waals surface area contributed by atoms with E-state index < -0.39 is 6.10 Å². The zero-order chi connectivity index (χ0) is 50.0. The Balaban J connectivity index is 4.58. The maximum Gasteiger partial charge on any atom is 0.306 e. The molecule has 6 heteroatoms. The number of carbonyl (C=O) groups excluding carboxylic acids is 3. The van der Waals surface area contributed by atoms with E-state index in [1.807, 2.05) is 6.08 Å². The van der Waals surface area contributed by atoms with Gasteiger partial charge in [0.15, 0.2) is 6.10 Å². The molecule has 0 bridgehead atoms. The summed E-state index contributed by atoms with van der Waals surface area (Å²) in [6, 6.07) is 0. The van der Waals surface area contributed by atoms with Crippen molar-refractivity contribution in [1.29, 1.82) is 0 Å². The van der Waals surface area contributed by atoms with Crippen molar-refractivity contribution in [3.8, 4) is 0 Å². The van der Waals surface area contributed by atoms with Gasteiger partial charge in [-0.2, -0.15) is 0 Å². The van der Waals surface area contributed by atoms with Crippen LogP contribution >= 0.6 is 0 Å². The zero-order valence-electron chi connectivity index (χ0n) is 44.5. The molecule has 390 valence electrons. The van der Waals surface area contributed by atoms with E-state index in [1.165, 1.54) is 103 Å². The van der Waals surface area contributed by atoms with Crippen LogP contribution in [0.15, 0.2) is 122 Å². The molecule has 0 aliphatic carbocycles. The summed E-state index contributed by atoms with van der Waals surface area (Å²) in [6.07, 6.45) is 77.6. The predicted molar refractivity (Wildman–Crippen MR) is 297 cm³/mol. The maximum absolute atomic E-state index is 12.8. The van der Waals surface area contributed by atoms with Gasteiger partial charge in [-0.25, -0.2) is 0 Å². The fourth-order valence-corrected chi connectivity index (χ4v) is 7.17. The summed E-state index contributed by atoms with van der Waals surface area (Å²) in [4.78, 5) is 38.1. The molecule has 6 nitrogen and oxygen atoms in total. The molecule has 1 atom stereocenters. The number of carbonyl (C=O) groups is 3. The van der Waals surface area contributed by atoms with Crippen LogP contribution in [0.2, 0.25) is 0 Å². The molecule has 0 aliphatic rings. The van der Waals surface area contributed by atoms with Gasteiger partial charge in [0.25, 0.3) is 0 Å². The monoisotopic (exact) mass is 955 g/mol. The number of ether oxygens (including phenoxy) is 3. The Labute approximate surface area is 424 Å². The van der Waals surface area contributed by atoms with E-state index in [0.717, 1.165) is 83.5 Å². The van der Waals surface area contributed by atoms with Crippen molar-refractivity contribution in [1.82, 2.24) is 0 Å². The summed E-state index contributed by atoms with van der Waals surface area (Å²) >= 11 is 0. The third-order valence-corrected chi connectivity index (χ3v) is 11.4. The van der Waals surface area contributed by atoms with Crippen molar-refractivity contribution in [2.45, 2.75) is 245 Å². The van der Waals surface area contributed by atoms with E-state index in [-0.39, 0.29) is 37.5 Å². The topological polar surface area (TPSA) is 78.9 Å². The van der Waals surface area contributed by atoms with Crippen molar-refractivity contribution in [3.63, 3.8) is 0 Å². The van der Waals surface area contributed by atoms with Crippen molar-refractivity contribution in [2.24, 2.45) is 0 Å². The SMILES string of the molecule is CCCCC/C=C\C/C=C\C/C=C\C/C=C\C/C=C\CCC(=O)OC[C@H](COC(=O)CCCC/C=C\C/C=C\C/C=C\CCCCC)OC(=O)CCCCCCCCC/C=C\C/C=C\CCCCC. The van der Waals surface area contributed by atoms with E-state index in [2.05, 4.69) is 136 Å². The first kappa shape index (κ1) is 64.8. The zero-order valence-corrected chi connectivity index (χ0v) is 44.5. The molecule has 0 aromatic rings. The Morgan fingerprint density at radius 2 is 0.551 bits per heavy atom. The largest absolute Gasteiger partial charge is 0.462 e. The summed E-state index contributed by atoms with van der Waals surface area (Å²) in [7, 11) is 0. The molecule has 69 heavy (non-hydrogen) atoms. The number of unbranched alkanes of at least 4 members (excludes halogenated alkanes) is 18. The molecule has 0 radical (unpaired) electrons. The quantitative estimate of drug-likeness (QED) is 0.0262. The van der Waals surface area contributed by atoms with E-state index >= 15 is 0 Å². The van der Waals surface area contributed by atoms with Crippen molar-refractivity contribution in [3.05, 3.63) is 122 Å². The molecule has 0 amide bonds. The minimum Gasteiger partial charge on any atom is -0.462 e. The summed E-state index contributed by atoms with van der Waals surface area (Å²) < 4.78 is 16.7. The second-order valence-electron chi connectivity index (χ2n) is 18.1. The number of hydrogen-bond donors (Lipinski definition) is 0. The Kier molecular flexibility index (Phi) is 53.0. The van der Waals surface area contributed by atoms with E-state index in [0.29, 0.717) is 25.7 Å². The second kappa shape index (κ2) is 56.4. The summed E-state index contributed by atoms with van der Waals surface area (Å²) in [5.74, 6) is -1.06. The van der Waals surface area contributed by atoms with Crippen LogP contribution in [0, 0.1) is 0 Å². The normalized spacial score (nSPS) is 13.0. The Bertz CT molecular complexity index is 1470. The van der Waals surface area contributed by atoms with Gasteiger partial charge in [-0.05, 0) is 128 Å². The van der Waals surface area contributed by atoms with Crippen molar-refractivity contribution < 1.29 is 28.6 Å². The fraction of sp³-hybridized carbons (Fsp3) is 0.635. The first-order chi connectivity index (χ1) is 34.0. The summed E-state index contributed by atoms with van der Waals surface area (Å²) in [5.41, 5.74) is 0. The molecule has 0 rings (SSSR count). The van der Waals surface area contributed by atoms with Crippen LogP contribution < -0.4 is 0 Å². The maximum atomic E-state index is 12.8. The molecule has 0 aromatic carbocycles. The number of allylic oxidation sites excluding steroid dienone is 20. The highest BCUT2D eigenvalue weighted by Crippen LogP contribution is 2.13. The molecule has 0 fully saturated rings. The molecule has 0 unspecified atom stereocenters. The molecule has 0 aliphatic heterocycles. The highest BCUT2D eigenvalue weighted by Gasteiger charge is 2.19. The Morgan fingerprint density at radius 3 is 0.928 bits per heavy atom. The van der Waals surface area contributed by atoms with Gasteiger partial charge in [0, 0.05) is 19.3 Å². The highest BCUT2D eigenvalue weighted by atomic mass is 16.6. The molecular formula is C63H102O6. The van der Waals surface area contributed by atoms with Gasteiger partial charge in [0.05, 0.1) is 0 Å². The Morgan fingerprint density at radius 1 is 0.290 bits per heavy atom. The van der Waals surface area contributed by atoms with Gasteiger partial charge in [-0.3, -0.25) is 14.4 Å². The van der Waals surface area contributed by atoms with Crippen LogP contribution in [0.5, 0.6) is 0 Å².